The Morgan fingerprint density at radius 1 is 1.45 bits per heavy atom. The highest BCUT2D eigenvalue weighted by Gasteiger charge is 2.11. The molecular weight excluding hydrogens is 256 g/mol. The van der Waals surface area contributed by atoms with E-state index in [1.807, 2.05) is 16.8 Å². The van der Waals surface area contributed by atoms with Crippen LogP contribution in [0.2, 0.25) is 0 Å². The molecule has 0 aliphatic carbocycles. The summed E-state index contributed by atoms with van der Waals surface area (Å²) in [5.41, 5.74) is 2.51. The number of hydrogen-bond acceptors (Lipinski definition) is 3. The van der Waals surface area contributed by atoms with Crippen molar-refractivity contribution < 1.29 is 14.6 Å². The van der Waals surface area contributed by atoms with Gasteiger partial charge in [0.2, 0.25) is 0 Å². The minimum atomic E-state index is -0.852. The maximum absolute atomic E-state index is 10.8. The number of ether oxygens (including phenoxy) is 1. The quantitative estimate of drug-likeness (QED) is 0.910. The Kier molecular flexibility index (Phi) is 4.08. The van der Waals surface area contributed by atoms with Gasteiger partial charge in [-0.3, -0.25) is 4.79 Å². The number of carbonyl (C=O) groups is 1. The summed E-state index contributed by atoms with van der Waals surface area (Å²) in [6, 6.07) is 5.36. The summed E-state index contributed by atoms with van der Waals surface area (Å²) < 4.78 is 7.19. The van der Waals surface area contributed by atoms with E-state index in [2.05, 4.69) is 18.8 Å². The molecule has 0 atom stereocenters. The van der Waals surface area contributed by atoms with Crippen LogP contribution in [0.4, 0.5) is 0 Å². The lowest BCUT2D eigenvalue weighted by Gasteiger charge is -2.10. The zero-order valence-electron chi connectivity index (χ0n) is 11.8. The van der Waals surface area contributed by atoms with Crippen LogP contribution in [-0.2, 0) is 11.2 Å². The number of carboxylic acids is 1. The van der Waals surface area contributed by atoms with Gasteiger partial charge >= 0.3 is 5.97 Å². The van der Waals surface area contributed by atoms with Gasteiger partial charge in [-0.2, -0.15) is 0 Å². The Morgan fingerprint density at radius 3 is 2.75 bits per heavy atom. The fourth-order valence-corrected chi connectivity index (χ4v) is 1.99. The maximum Gasteiger partial charge on any atom is 0.307 e. The standard InChI is InChI=1S/C15H18N2O3/c1-10(2)12-8-17(9-16-12)13-6-11(7-15(18)19)4-5-14(13)20-3/h4-6,8-10H,7H2,1-3H3,(H,18,19). The minimum Gasteiger partial charge on any atom is -0.495 e. The maximum atomic E-state index is 10.8. The predicted molar refractivity (Wildman–Crippen MR) is 75.5 cm³/mol. The van der Waals surface area contributed by atoms with Gasteiger partial charge in [-0.15, -0.1) is 0 Å². The molecule has 0 aliphatic rings. The summed E-state index contributed by atoms with van der Waals surface area (Å²) in [5, 5.41) is 8.88. The summed E-state index contributed by atoms with van der Waals surface area (Å²) in [7, 11) is 1.59. The lowest BCUT2D eigenvalue weighted by molar-refractivity contribution is -0.136. The first-order chi connectivity index (χ1) is 9.51. The van der Waals surface area contributed by atoms with E-state index in [0.717, 1.165) is 16.9 Å². The molecule has 0 spiro atoms. The summed E-state index contributed by atoms with van der Waals surface area (Å²) in [4.78, 5) is 15.2. The van der Waals surface area contributed by atoms with Gasteiger partial charge in [-0.25, -0.2) is 4.98 Å². The number of rotatable bonds is 5. The van der Waals surface area contributed by atoms with Crippen molar-refractivity contribution in [3.63, 3.8) is 0 Å². The summed E-state index contributed by atoms with van der Waals surface area (Å²) in [5.74, 6) is 0.172. The van der Waals surface area contributed by atoms with Crippen LogP contribution < -0.4 is 4.74 Å². The number of aliphatic carboxylic acids is 1. The van der Waals surface area contributed by atoms with Crippen LogP contribution in [-0.4, -0.2) is 27.7 Å². The zero-order valence-corrected chi connectivity index (χ0v) is 11.8. The molecule has 0 fully saturated rings. The molecule has 0 aliphatic heterocycles. The van der Waals surface area contributed by atoms with Gasteiger partial charge in [-0.05, 0) is 23.6 Å². The molecule has 20 heavy (non-hydrogen) atoms. The molecule has 0 bridgehead atoms. The predicted octanol–water partition coefficient (Wildman–Crippen LogP) is 2.63. The van der Waals surface area contributed by atoms with E-state index in [1.165, 1.54) is 0 Å². The van der Waals surface area contributed by atoms with Crippen LogP contribution in [0.15, 0.2) is 30.7 Å². The first-order valence-corrected chi connectivity index (χ1v) is 6.44. The van der Waals surface area contributed by atoms with Gasteiger partial charge in [0.15, 0.2) is 0 Å². The van der Waals surface area contributed by atoms with Gasteiger partial charge in [0, 0.05) is 6.20 Å². The number of methoxy groups -OCH3 is 1. The van der Waals surface area contributed by atoms with Crippen molar-refractivity contribution >= 4 is 5.97 Å². The molecule has 2 rings (SSSR count). The second-order valence-corrected chi connectivity index (χ2v) is 4.94. The van der Waals surface area contributed by atoms with Crippen molar-refractivity contribution in [1.82, 2.24) is 9.55 Å². The first kappa shape index (κ1) is 14.1. The molecule has 1 heterocycles. The topological polar surface area (TPSA) is 64.3 Å². The van der Waals surface area contributed by atoms with Crippen molar-refractivity contribution in [1.29, 1.82) is 0 Å². The molecule has 5 heteroatoms. The largest absolute Gasteiger partial charge is 0.495 e. The molecular formula is C15H18N2O3. The minimum absolute atomic E-state index is 0.0112. The van der Waals surface area contributed by atoms with Crippen molar-refractivity contribution in [2.24, 2.45) is 0 Å². The van der Waals surface area contributed by atoms with Crippen LogP contribution in [0, 0.1) is 0 Å². The summed E-state index contributed by atoms with van der Waals surface area (Å²) in [6.07, 6.45) is 3.65. The Labute approximate surface area is 117 Å². The third-order valence-electron chi connectivity index (χ3n) is 3.07. The smallest absolute Gasteiger partial charge is 0.307 e. The van der Waals surface area contributed by atoms with Gasteiger partial charge in [0.05, 0.1) is 31.2 Å². The zero-order chi connectivity index (χ0) is 14.7. The summed E-state index contributed by atoms with van der Waals surface area (Å²) in [6.45, 7) is 4.15. The van der Waals surface area contributed by atoms with E-state index in [1.54, 1.807) is 25.6 Å². The van der Waals surface area contributed by atoms with Gasteiger partial charge in [-0.1, -0.05) is 19.9 Å². The molecule has 0 radical (unpaired) electrons. The highest BCUT2D eigenvalue weighted by atomic mass is 16.5. The van der Waals surface area contributed by atoms with Crippen LogP contribution in [0.25, 0.3) is 5.69 Å². The molecule has 1 aromatic carbocycles. The second kappa shape index (κ2) is 5.77. The number of imidazole rings is 1. The van der Waals surface area contributed by atoms with Crippen molar-refractivity contribution in [3.05, 3.63) is 42.0 Å². The van der Waals surface area contributed by atoms with Gasteiger partial charge in [0.25, 0.3) is 0 Å². The van der Waals surface area contributed by atoms with E-state index in [9.17, 15) is 4.79 Å². The normalized spacial score (nSPS) is 10.8. The van der Waals surface area contributed by atoms with Gasteiger partial charge in [0.1, 0.15) is 5.75 Å². The third-order valence-corrected chi connectivity index (χ3v) is 3.07. The molecule has 0 amide bonds. The number of benzene rings is 1. The number of hydrogen-bond donors (Lipinski definition) is 1. The molecule has 5 nitrogen and oxygen atoms in total. The van der Waals surface area contributed by atoms with Crippen LogP contribution >= 0.6 is 0 Å². The Morgan fingerprint density at radius 2 is 2.20 bits per heavy atom. The molecule has 0 saturated carbocycles. The lowest BCUT2D eigenvalue weighted by Crippen LogP contribution is -2.02. The average Bonchev–Trinajstić information content (AvgIpc) is 2.87. The lowest BCUT2D eigenvalue weighted by atomic mass is 10.1. The fourth-order valence-electron chi connectivity index (χ4n) is 1.99. The second-order valence-electron chi connectivity index (χ2n) is 4.94. The van der Waals surface area contributed by atoms with E-state index < -0.39 is 5.97 Å². The Bertz CT molecular complexity index is 617. The molecule has 0 saturated heterocycles. The van der Waals surface area contributed by atoms with E-state index in [4.69, 9.17) is 9.84 Å². The Balaban J connectivity index is 2.43. The average molecular weight is 274 g/mol. The van der Waals surface area contributed by atoms with Crippen molar-refractivity contribution in [2.45, 2.75) is 26.2 Å². The highest BCUT2D eigenvalue weighted by molar-refractivity contribution is 5.71. The van der Waals surface area contributed by atoms with Crippen molar-refractivity contribution in [2.75, 3.05) is 7.11 Å². The number of nitrogens with zero attached hydrogens (tertiary/aromatic N) is 2. The van der Waals surface area contributed by atoms with Crippen LogP contribution in [0.5, 0.6) is 5.75 Å². The number of aromatic nitrogens is 2. The van der Waals surface area contributed by atoms with Crippen molar-refractivity contribution in [3.8, 4) is 11.4 Å². The monoisotopic (exact) mass is 274 g/mol. The third kappa shape index (κ3) is 2.99. The van der Waals surface area contributed by atoms with E-state index in [0.29, 0.717) is 11.7 Å². The first-order valence-electron chi connectivity index (χ1n) is 6.44. The SMILES string of the molecule is COc1ccc(CC(=O)O)cc1-n1cnc(C(C)C)c1. The van der Waals surface area contributed by atoms with Gasteiger partial charge < -0.3 is 14.4 Å². The highest BCUT2D eigenvalue weighted by Crippen LogP contribution is 2.25. The molecule has 1 aromatic heterocycles. The molecule has 106 valence electrons. The van der Waals surface area contributed by atoms with E-state index >= 15 is 0 Å². The fraction of sp³-hybridized carbons (Fsp3) is 0.333. The molecule has 2 aromatic rings. The molecule has 1 N–H and O–H groups in total. The van der Waals surface area contributed by atoms with Crippen LogP contribution in [0.3, 0.4) is 0 Å². The Hall–Kier alpha value is -2.30. The number of carboxylic acid groups (broad SMARTS) is 1. The van der Waals surface area contributed by atoms with Crippen LogP contribution in [0.1, 0.15) is 31.0 Å². The summed E-state index contributed by atoms with van der Waals surface area (Å²) >= 11 is 0. The van der Waals surface area contributed by atoms with E-state index in [-0.39, 0.29) is 6.42 Å². The molecule has 0 unspecified atom stereocenters.